The van der Waals surface area contributed by atoms with Crippen LogP contribution in [0, 0.1) is 0 Å². The van der Waals surface area contributed by atoms with E-state index in [4.69, 9.17) is 9.25 Å². The molecule has 1 amide bonds. The Morgan fingerprint density at radius 2 is 1.93 bits per heavy atom. The van der Waals surface area contributed by atoms with Gasteiger partial charge in [-0.1, -0.05) is 23.4 Å². The smallest absolute Gasteiger partial charge is 0.417 e. The molecule has 1 aromatic carbocycles. The van der Waals surface area contributed by atoms with Crippen molar-refractivity contribution in [2.24, 2.45) is 5.16 Å². The molecule has 29 heavy (non-hydrogen) atoms. The van der Waals surface area contributed by atoms with Gasteiger partial charge in [0.05, 0.1) is 30.6 Å². The van der Waals surface area contributed by atoms with Crippen molar-refractivity contribution in [3.05, 3.63) is 59.5 Å². The van der Waals surface area contributed by atoms with E-state index in [0.29, 0.717) is 6.54 Å². The number of furan rings is 1. The van der Waals surface area contributed by atoms with Gasteiger partial charge in [0.15, 0.2) is 11.4 Å². The summed E-state index contributed by atoms with van der Waals surface area (Å²) in [6.07, 6.45) is -2.90. The highest BCUT2D eigenvalue weighted by Gasteiger charge is 2.52. The molecule has 2 aliphatic rings. The van der Waals surface area contributed by atoms with Crippen molar-refractivity contribution in [1.82, 2.24) is 10.0 Å². The maximum Gasteiger partial charge on any atom is 0.417 e. The normalized spacial score (nSPS) is 22.4. The molecule has 1 unspecified atom stereocenters. The van der Waals surface area contributed by atoms with E-state index in [0.717, 1.165) is 6.07 Å². The molecule has 0 radical (unpaired) electrons. The van der Waals surface area contributed by atoms with E-state index in [-0.39, 0.29) is 41.9 Å². The van der Waals surface area contributed by atoms with Gasteiger partial charge in [0, 0.05) is 18.0 Å². The van der Waals surface area contributed by atoms with Gasteiger partial charge in [0.25, 0.3) is 0 Å². The third kappa shape index (κ3) is 3.50. The lowest BCUT2D eigenvalue weighted by molar-refractivity contribution is -0.137. The first-order valence-corrected chi connectivity index (χ1v) is 9.24. The summed E-state index contributed by atoms with van der Waals surface area (Å²) in [5, 5.41) is 7.35. The molecule has 0 N–H and O–H groups in total. The molecule has 154 valence electrons. The van der Waals surface area contributed by atoms with E-state index in [1.807, 2.05) is 18.9 Å². The van der Waals surface area contributed by atoms with E-state index in [1.165, 1.54) is 23.4 Å². The number of alkyl halides is 3. The van der Waals surface area contributed by atoms with Crippen LogP contribution in [0.15, 0.2) is 52.2 Å². The average molecular weight is 407 g/mol. The topological polar surface area (TPSA) is 58.3 Å². The maximum atomic E-state index is 13.4. The SMILES string of the molecule is CC(C)N1CC2(CC(c3ccccc3C(F)(F)F)=NO2)CN1C(=O)c1ccco1. The fourth-order valence-corrected chi connectivity index (χ4v) is 3.79. The molecule has 1 saturated heterocycles. The molecule has 3 heterocycles. The molecule has 1 atom stereocenters. The Hall–Kier alpha value is -2.81. The zero-order valence-electron chi connectivity index (χ0n) is 15.9. The highest BCUT2D eigenvalue weighted by Crippen LogP contribution is 2.39. The second kappa shape index (κ2) is 6.91. The predicted molar refractivity (Wildman–Crippen MR) is 98.0 cm³/mol. The lowest BCUT2D eigenvalue weighted by atomic mass is 9.92. The third-order valence-corrected chi connectivity index (χ3v) is 5.14. The van der Waals surface area contributed by atoms with E-state index in [9.17, 15) is 18.0 Å². The summed E-state index contributed by atoms with van der Waals surface area (Å²) in [7, 11) is 0. The molecule has 0 saturated carbocycles. The van der Waals surface area contributed by atoms with Crippen molar-refractivity contribution in [2.45, 2.75) is 38.1 Å². The number of hydrogen-bond acceptors (Lipinski definition) is 5. The van der Waals surface area contributed by atoms with Crippen LogP contribution in [0.1, 0.15) is 41.9 Å². The van der Waals surface area contributed by atoms with Crippen LogP contribution >= 0.6 is 0 Å². The number of nitrogens with zero attached hydrogens (tertiary/aromatic N) is 3. The molecular formula is C20H20F3N3O3. The fourth-order valence-electron chi connectivity index (χ4n) is 3.79. The summed E-state index contributed by atoms with van der Waals surface area (Å²) in [6, 6.07) is 8.49. The largest absolute Gasteiger partial charge is 0.459 e. The molecule has 4 rings (SSSR count). The van der Waals surface area contributed by atoms with Gasteiger partial charge in [-0.15, -0.1) is 0 Å². The van der Waals surface area contributed by atoms with Crippen molar-refractivity contribution < 1.29 is 27.2 Å². The van der Waals surface area contributed by atoms with Crippen molar-refractivity contribution >= 4 is 11.6 Å². The second-order valence-corrected chi connectivity index (χ2v) is 7.56. The Morgan fingerprint density at radius 3 is 2.59 bits per heavy atom. The predicted octanol–water partition coefficient (Wildman–Crippen LogP) is 3.94. The summed E-state index contributed by atoms with van der Waals surface area (Å²) in [6.45, 7) is 4.36. The Labute approximate surface area is 165 Å². The zero-order valence-corrected chi connectivity index (χ0v) is 15.9. The fraction of sp³-hybridized carbons (Fsp3) is 0.400. The van der Waals surface area contributed by atoms with Gasteiger partial charge < -0.3 is 9.25 Å². The number of carbonyl (C=O) groups excluding carboxylic acids is 1. The van der Waals surface area contributed by atoms with Gasteiger partial charge in [-0.05, 0) is 32.0 Å². The molecule has 1 fully saturated rings. The molecule has 2 aromatic rings. The van der Waals surface area contributed by atoms with E-state index >= 15 is 0 Å². The first-order valence-electron chi connectivity index (χ1n) is 9.24. The summed E-state index contributed by atoms with van der Waals surface area (Å²) < 4.78 is 45.4. The molecule has 6 nitrogen and oxygen atoms in total. The first kappa shape index (κ1) is 19.5. The number of carbonyl (C=O) groups is 1. The number of halogens is 3. The van der Waals surface area contributed by atoms with Crippen LogP contribution in [0.2, 0.25) is 0 Å². The minimum Gasteiger partial charge on any atom is -0.459 e. The van der Waals surface area contributed by atoms with Crippen molar-refractivity contribution in [2.75, 3.05) is 13.1 Å². The summed E-state index contributed by atoms with van der Waals surface area (Å²) in [4.78, 5) is 18.5. The van der Waals surface area contributed by atoms with Crippen LogP contribution in [0.4, 0.5) is 13.2 Å². The van der Waals surface area contributed by atoms with Crippen LogP contribution in [0.3, 0.4) is 0 Å². The number of amides is 1. The monoisotopic (exact) mass is 407 g/mol. The van der Waals surface area contributed by atoms with Crippen LogP contribution in [0.25, 0.3) is 0 Å². The van der Waals surface area contributed by atoms with Crippen molar-refractivity contribution in [3.63, 3.8) is 0 Å². The van der Waals surface area contributed by atoms with Gasteiger partial charge in [-0.2, -0.15) is 13.2 Å². The van der Waals surface area contributed by atoms with Crippen LogP contribution in [0.5, 0.6) is 0 Å². The van der Waals surface area contributed by atoms with Crippen LogP contribution in [-0.2, 0) is 11.0 Å². The quantitative estimate of drug-likeness (QED) is 0.773. The number of rotatable bonds is 3. The van der Waals surface area contributed by atoms with Crippen molar-refractivity contribution in [3.8, 4) is 0 Å². The number of hydrazine groups is 1. The van der Waals surface area contributed by atoms with Gasteiger partial charge in [-0.25, -0.2) is 5.01 Å². The van der Waals surface area contributed by atoms with Crippen molar-refractivity contribution in [1.29, 1.82) is 0 Å². The first-order chi connectivity index (χ1) is 13.7. The molecule has 0 aliphatic carbocycles. The second-order valence-electron chi connectivity index (χ2n) is 7.56. The van der Waals surface area contributed by atoms with Crippen LogP contribution in [-0.4, -0.2) is 46.4 Å². The van der Waals surface area contributed by atoms with E-state index < -0.39 is 17.3 Å². The molecule has 1 spiro atoms. The summed E-state index contributed by atoms with van der Waals surface area (Å²) in [5.41, 5.74) is -1.42. The molecule has 2 aliphatic heterocycles. The highest BCUT2D eigenvalue weighted by molar-refractivity contribution is 6.03. The lowest BCUT2D eigenvalue weighted by Crippen LogP contribution is -2.44. The Bertz CT molecular complexity index is 940. The minimum absolute atomic E-state index is 0.00350. The summed E-state index contributed by atoms with van der Waals surface area (Å²) in [5.74, 6) is -0.137. The minimum atomic E-state index is -4.49. The molecule has 0 bridgehead atoms. The number of oxime groups is 1. The molecule has 1 aromatic heterocycles. The van der Waals surface area contributed by atoms with E-state index in [1.54, 1.807) is 18.2 Å². The Kier molecular flexibility index (Phi) is 4.65. The van der Waals surface area contributed by atoms with Gasteiger partial charge in [-0.3, -0.25) is 9.80 Å². The third-order valence-electron chi connectivity index (χ3n) is 5.14. The molecule has 9 heteroatoms. The number of hydrogen-bond donors (Lipinski definition) is 0. The van der Waals surface area contributed by atoms with Gasteiger partial charge in [0.2, 0.25) is 0 Å². The van der Waals surface area contributed by atoms with Crippen LogP contribution < -0.4 is 0 Å². The molecular weight excluding hydrogens is 387 g/mol. The van der Waals surface area contributed by atoms with Gasteiger partial charge in [0.1, 0.15) is 0 Å². The maximum absolute atomic E-state index is 13.4. The summed E-state index contributed by atoms with van der Waals surface area (Å²) >= 11 is 0. The van der Waals surface area contributed by atoms with Gasteiger partial charge >= 0.3 is 12.1 Å². The Morgan fingerprint density at radius 1 is 1.17 bits per heavy atom. The zero-order chi connectivity index (χ0) is 20.8. The standard InChI is InChI=1S/C20H20F3N3O3/c1-13(2)25-11-19(12-26(25)18(27)17-8-5-9-28-17)10-16(24-29-19)14-6-3-4-7-15(14)20(21,22)23/h3-9,13H,10-12H2,1-2H3. The lowest BCUT2D eigenvalue weighted by Gasteiger charge is -2.29. The van der Waals surface area contributed by atoms with E-state index in [2.05, 4.69) is 5.16 Å². The number of benzene rings is 1. The average Bonchev–Trinajstić information content (AvgIpc) is 3.41. The highest BCUT2D eigenvalue weighted by atomic mass is 19.4. The Balaban J connectivity index is 1.60.